The van der Waals surface area contributed by atoms with Gasteiger partial charge in [-0.05, 0) is 20.8 Å². The van der Waals surface area contributed by atoms with Crippen LogP contribution in [0.5, 0.6) is 0 Å². The van der Waals surface area contributed by atoms with Crippen LogP contribution >= 0.6 is 0 Å². The van der Waals surface area contributed by atoms with Crippen molar-refractivity contribution >= 4 is 14.0 Å². The number of carbonyl (C=O) groups is 1. The van der Waals surface area contributed by atoms with Crippen LogP contribution < -0.4 is 0 Å². The molecule has 0 radical (unpaired) electrons. The molecule has 0 aromatic heterocycles. The smallest absolute Gasteiger partial charge is 0.262 e. The number of hydrogen-bond donors (Lipinski definition) is 0. The van der Waals surface area contributed by atoms with Gasteiger partial charge < -0.3 is 4.65 Å². The quantitative estimate of drug-likeness (QED) is 0.410. The van der Waals surface area contributed by atoms with Crippen molar-refractivity contribution in [1.29, 1.82) is 0 Å². The normalized spacial score (nSPS) is 11.0. The number of rotatable bonds is 0. The lowest BCUT2D eigenvalue weighted by molar-refractivity contribution is -0.142. The predicted octanol–water partition coefficient (Wildman–Crippen LogP) is -0.144. The lowest BCUT2D eigenvalue weighted by atomic mass is 9.97. The van der Waals surface area contributed by atoms with Gasteiger partial charge in [0.1, 0.15) is 8.05 Å². The second kappa shape index (κ2) is 2.20. The second-order valence-electron chi connectivity index (χ2n) is 2.54. The van der Waals surface area contributed by atoms with Crippen molar-refractivity contribution in [1.82, 2.24) is 0 Å². The van der Waals surface area contributed by atoms with E-state index in [4.69, 9.17) is 4.65 Å². The SMILES string of the molecule is [BH3-]OC(=O)C(C)(C)C. The second-order valence-corrected chi connectivity index (χ2v) is 2.54. The Hall–Kier alpha value is -0.465. The van der Waals surface area contributed by atoms with E-state index in [9.17, 15) is 4.79 Å². The van der Waals surface area contributed by atoms with Crippen LogP contribution in [0, 0.1) is 5.41 Å². The molecule has 0 aliphatic carbocycles. The monoisotopic (exact) mass is 115 g/mol. The van der Waals surface area contributed by atoms with Crippen LogP contribution in [0.2, 0.25) is 0 Å². The molecular weight excluding hydrogens is 103 g/mol. The van der Waals surface area contributed by atoms with Crippen molar-refractivity contribution in [3.63, 3.8) is 0 Å². The molecule has 0 aromatic rings. The molecule has 0 aliphatic rings. The van der Waals surface area contributed by atoms with Crippen LogP contribution in [0.1, 0.15) is 20.8 Å². The first kappa shape index (κ1) is 7.53. The molecule has 0 atom stereocenters. The van der Waals surface area contributed by atoms with Crippen molar-refractivity contribution in [3.05, 3.63) is 0 Å². The zero-order chi connectivity index (χ0) is 6.78. The minimum atomic E-state index is -0.290. The molecule has 0 fully saturated rings. The zero-order valence-corrected chi connectivity index (χ0v) is 4.82. The van der Waals surface area contributed by atoms with E-state index in [0.29, 0.717) is 0 Å². The highest BCUT2D eigenvalue weighted by Crippen LogP contribution is 2.13. The van der Waals surface area contributed by atoms with E-state index in [2.05, 4.69) is 0 Å². The Labute approximate surface area is 50.7 Å². The molecule has 0 unspecified atom stereocenters. The van der Waals surface area contributed by atoms with Crippen molar-refractivity contribution in [2.45, 2.75) is 20.8 Å². The molecule has 48 valence electrons. The van der Waals surface area contributed by atoms with Crippen molar-refractivity contribution in [2.24, 2.45) is 5.41 Å². The van der Waals surface area contributed by atoms with Gasteiger partial charge in [0.15, 0.2) is 0 Å². The average Bonchev–Trinajstić information content (AvgIpc) is 1.62. The van der Waals surface area contributed by atoms with Crippen molar-refractivity contribution in [3.8, 4) is 0 Å². The average molecular weight is 115 g/mol. The fourth-order valence-electron chi connectivity index (χ4n) is 0. The van der Waals surface area contributed by atoms with Gasteiger partial charge in [0.25, 0.3) is 5.97 Å². The number of carbonyl (C=O) groups excluding carboxylic acids is 1. The third-order valence-electron chi connectivity index (χ3n) is 0.612. The topological polar surface area (TPSA) is 26.3 Å². The summed E-state index contributed by atoms with van der Waals surface area (Å²) in [4.78, 5) is 10.7. The molecule has 0 amide bonds. The van der Waals surface area contributed by atoms with Crippen LogP contribution in [0.4, 0.5) is 0 Å². The molecular formula is C5H12BO2-. The summed E-state index contributed by atoms with van der Waals surface area (Å²) in [6, 6.07) is 0. The highest BCUT2D eigenvalue weighted by Gasteiger charge is 2.18. The highest BCUT2D eigenvalue weighted by atomic mass is 16.5. The Morgan fingerprint density at radius 3 is 1.88 bits per heavy atom. The summed E-state index contributed by atoms with van der Waals surface area (Å²) in [7, 11) is -0.210. The first-order valence-corrected chi connectivity index (χ1v) is 2.16. The maximum atomic E-state index is 10.7. The summed E-state index contributed by atoms with van der Waals surface area (Å²) >= 11 is 0. The van der Waals surface area contributed by atoms with E-state index in [0.717, 1.165) is 0 Å². The summed E-state index contributed by atoms with van der Waals surface area (Å²) in [5, 5.41) is 0. The molecule has 2 nitrogen and oxygen atoms in total. The van der Waals surface area contributed by atoms with Gasteiger partial charge in [-0.25, -0.2) is 0 Å². The lowest BCUT2D eigenvalue weighted by Gasteiger charge is -2.17. The molecule has 0 rings (SSSR count). The third kappa shape index (κ3) is 2.00. The fraction of sp³-hybridized carbons (Fsp3) is 0.800. The maximum absolute atomic E-state index is 10.7. The molecule has 0 aromatic carbocycles. The molecule has 8 heavy (non-hydrogen) atoms. The maximum Gasteiger partial charge on any atom is 0.262 e. The first-order valence-electron chi connectivity index (χ1n) is 2.16. The largest absolute Gasteiger partial charge is 0.696 e. The first-order chi connectivity index (χ1) is 3.48. The van der Waals surface area contributed by atoms with Gasteiger partial charge in [0.05, 0.1) is 5.41 Å². The summed E-state index contributed by atoms with van der Waals surface area (Å²) < 4.78 is 4.73. The molecule has 0 aliphatic heterocycles. The third-order valence-corrected chi connectivity index (χ3v) is 0.612. The van der Waals surface area contributed by atoms with Gasteiger partial charge in [0.2, 0.25) is 0 Å². The predicted molar refractivity (Wildman–Crippen MR) is 35.5 cm³/mol. The Kier molecular flexibility index (Phi) is 2.07. The van der Waals surface area contributed by atoms with E-state index >= 15 is 0 Å². The van der Waals surface area contributed by atoms with E-state index in [-0.39, 0.29) is 19.4 Å². The van der Waals surface area contributed by atoms with Gasteiger partial charge in [-0.3, -0.25) is 4.79 Å². The molecule has 0 N–H and O–H groups in total. The van der Waals surface area contributed by atoms with E-state index in [1.165, 1.54) is 0 Å². The van der Waals surface area contributed by atoms with Gasteiger partial charge in [-0.15, -0.1) is 0 Å². The molecule has 0 saturated carbocycles. The Balaban J connectivity index is 3.82. The van der Waals surface area contributed by atoms with E-state index in [1.807, 2.05) is 20.8 Å². The van der Waals surface area contributed by atoms with Crippen LogP contribution in [0.3, 0.4) is 0 Å². The van der Waals surface area contributed by atoms with Gasteiger partial charge in [-0.1, -0.05) is 0 Å². The van der Waals surface area contributed by atoms with Crippen LogP contribution in [-0.2, 0) is 9.45 Å². The van der Waals surface area contributed by atoms with Crippen LogP contribution in [0.25, 0.3) is 0 Å². The standard InChI is InChI=1S/C5H12BO2/c1-5(2,3)4(7)8-6/h1-3,6H3/q-1. The van der Waals surface area contributed by atoms with Crippen molar-refractivity contribution in [2.75, 3.05) is 0 Å². The van der Waals surface area contributed by atoms with Gasteiger partial charge in [0, 0.05) is 0 Å². The van der Waals surface area contributed by atoms with E-state index < -0.39 is 0 Å². The fourth-order valence-corrected chi connectivity index (χ4v) is 0. The molecule has 0 saturated heterocycles. The van der Waals surface area contributed by atoms with E-state index in [1.54, 1.807) is 0 Å². The van der Waals surface area contributed by atoms with Crippen LogP contribution in [-0.4, -0.2) is 14.0 Å². The lowest BCUT2D eigenvalue weighted by Crippen LogP contribution is -2.21. The number of hydrogen-bond acceptors (Lipinski definition) is 2. The highest BCUT2D eigenvalue weighted by molar-refractivity contribution is 6.06. The zero-order valence-electron chi connectivity index (χ0n) is 4.82. The molecule has 0 spiro atoms. The minimum absolute atomic E-state index is 0.0579. The van der Waals surface area contributed by atoms with Crippen LogP contribution in [0.15, 0.2) is 0 Å². The van der Waals surface area contributed by atoms with Gasteiger partial charge >= 0.3 is 0 Å². The Morgan fingerprint density at radius 2 is 1.88 bits per heavy atom. The minimum Gasteiger partial charge on any atom is -0.696 e. The Bertz CT molecular complexity index is 93.1. The van der Waals surface area contributed by atoms with Gasteiger partial charge in [-0.2, -0.15) is 0 Å². The summed E-state index contributed by atoms with van der Waals surface area (Å²) in [5.41, 5.74) is -0.290. The molecule has 0 heterocycles. The molecule has 3 heteroatoms. The summed E-state index contributed by atoms with van der Waals surface area (Å²) in [6.07, 6.45) is 0. The van der Waals surface area contributed by atoms with Crippen molar-refractivity contribution < 1.29 is 9.45 Å². The Morgan fingerprint density at radius 1 is 1.50 bits per heavy atom. The molecule has 0 bridgehead atoms. The summed E-state index contributed by atoms with van der Waals surface area (Å²) in [5.74, 6) is -0.0579. The summed E-state index contributed by atoms with van der Waals surface area (Å²) in [6.45, 7) is 5.57.